The Bertz CT molecular complexity index is 613. The van der Waals surface area contributed by atoms with Gasteiger partial charge in [0.25, 0.3) is 0 Å². The van der Waals surface area contributed by atoms with E-state index in [-0.39, 0.29) is 11.5 Å². The lowest BCUT2D eigenvalue weighted by atomic mass is 10.1. The Morgan fingerprint density at radius 1 is 1.50 bits per heavy atom. The number of carboxylic acids is 1. The fourth-order valence-corrected chi connectivity index (χ4v) is 2.10. The first-order chi connectivity index (χ1) is 9.58. The van der Waals surface area contributed by atoms with Crippen LogP contribution in [0.2, 0.25) is 0 Å². The van der Waals surface area contributed by atoms with Crippen LogP contribution in [0.25, 0.3) is 0 Å². The highest BCUT2D eigenvalue weighted by atomic mass is 32.2. The predicted molar refractivity (Wildman–Crippen MR) is 75.6 cm³/mol. The summed E-state index contributed by atoms with van der Waals surface area (Å²) in [5.41, 5.74) is 0.641. The van der Waals surface area contributed by atoms with Gasteiger partial charge in [0, 0.05) is 0 Å². The largest absolute Gasteiger partial charge is 0.497 e. The normalized spacial score (nSPS) is 16.6. The zero-order valence-corrected chi connectivity index (χ0v) is 11.3. The van der Waals surface area contributed by atoms with E-state index >= 15 is 0 Å². The number of methoxy groups -OCH3 is 1. The van der Waals surface area contributed by atoms with Crippen LogP contribution in [-0.4, -0.2) is 41.2 Å². The molecular weight excluding hydrogens is 282 g/mol. The summed E-state index contributed by atoms with van der Waals surface area (Å²) in [6.45, 7) is 0. The summed E-state index contributed by atoms with van der Waals surface area (Å²) in [7, 11) is 1.45. The second-order valence-electron chi connectivity index (χ2n) is 3.79. The van der Waals surface area contributed by atoms with E-state index in [0.29, 0.717) is 22.2 Å². The monoisotopic (exact) mass is 293 g/mol. The molecule has 0 atom stereocenters. The highest BCUT2D eigenvalue weighted by Crippen LogP contribution is 2.16. The molecule has 0 aliphatic carbocycles. The number of hydrogen-bond donors (Lipinski definition) is 2. The number of aromatic carboxylic acids is 1. The third-order valence-electron chi connectivity index (χ3n) is 2.35. The number of amides is 1. The van der Waals surface area contributed by atoms with Gasteiger partial charge < -0.3 is 15.2 Å². The third kappa shape index (κ3) is 3.58. The van der Waals surface area contributed by atoms with Gasteiger partial charge in [0.1, 0.15) is 5.75 Å². The Balaban J connectivity index is 2.18. The highest BCUT2D eigenvalue weighted by molar-refractivity contribution is 8.15. The van der Waals surface area contributed by atoms with Gasteiger partial charge in [-0.1, -0.05) is 11.8 Å². The highest BCUT2D eigenvalue weighted by Gasteiger charge is 2.15. The second kappa shape index (κ2) is 6.20. The smallest absolute Gasteiger partial charge is 0.335 e. The first kappa shape index (κ1) is 14.1. The van der Waals surface area contributed by atoms with Crippen molar-refractivity contribution in [3.8, 4) is 5.75 Å². The van der Waals surface area contributed by atoms with Gasteiger partial charge in [-0.15, -0.1) is 5.10 Å². The molecule has 2 N–H and O–H groups in total. The van der Waals surface area contributed by atoms with Gasteiger partial charge in [0.15, 0.2) is 5.17 Å². The number of benzene rings is 1. The fourth-order valence-electron chi connectivity index (χ4n) is 1.47. The van der Waals surface area contributed by atoms with Crippen molar-refractivity contribution < 1.29 is 19.4 Å². The van der Waals surface area contributed by atoms with Crippen molar-refractivity contribution in [1.82, 2.24) is 5.32 Å². The van der Waals surface area contributed by atoms with Crippen LogP contribution in [0.1, 0.15) is 15.9 Å². The van der Waals surface area contributed by atoms with Crippen LogP contribution in [0, 0.1) is 0 Å². The van der Waals surface area contributed by atoms with Crippen molar-refractivity contribution in [2.45, 2.75) is 0 Å². The molecule has 0 saturated carbocycles. The standard InChI is InChI=1S/C12H11N3O4S/c1-19-9-3-7(2-8(4-9)11(17)18)5-13-15-12-14-10(16)6-20-12/h2-5H,6H2,1H3,(H,17,18)(H,14,15,16). The molecule has 7 nitrogen and oxygen atoms in total. The molecule has 1 fully saturated rings. The molecule has 0 unspecified atom stereocenters. The van der Waals surface area contributed by atoms with Gasteiger partial charge in [-0.05, 0) is 23.8 Å². The van der Waals surface area contributed by atoms with Crippen molar-refractivity contribution in [3.05, 3.63) is 29.3 Å². The SMILES string of the molecule is COc1cc(C=NN=C2NC(=O)CS2)cc(C(=O)O)c1. The average molecular weight is 293 g/mol. The van der Waals surface area contributed by atoms with Crippen molar-refractivity contribution >= 4 is 35.0 Å². The fraction of sp³-hybridized carbons (Fsp3) is 0.167. The quantitative estimate of drug-likeness (QED) is 0.636. The van der Waals surface area contributed by atoms with E-state index in [1.54, 1.807) is 6.07 Å². The van der Waals surface area contributed by atoms with Crippen LogP contribution in [0.5, 0.6) is 5.75 Å². The summed E-state index contributed by atoms with van der Waals surface area (Å²) >= 11 is 1.26. The first-order valence-electron chi connectivity index (χ1n) is 5.54. The molecule has 1 saturated heterocycles. The molecule has 0 radical (unpaired) electrons. The molecule has 0 bridgehead atoms. The minimum Gasteiger partial charge on any atom is -0.497 e. The lowest BCUT2D eigenvalue weighted by molar-refractivity contribution is -0.116. The molecular formula is C12H11N3O4S. The van der Waals surface area contributed by atoms with E-state index in [1.807, 2.05) is 0 Å². The lowest BCUT2D eigenvalue weighted by Gasteiger charge is -2.03. The van der Waals surface area contributed by atoms with E-state index in [4.69, 9.17) is 9.84 Å². The molecule has 1 aromatic carbocycles. The minimum atomic E-state index is -1.05. The van der Waals surface area contributed by atoms with E-state index in [2.05, 4.69) is 15.5 Å². The van der Waals surface area contributed by atoms with E-state index in [0.717, 1.165) is 0 Å². The molecule has 20 heavy (non-hydrogen) atoms. The molecule has 0 aromatic heterocycles. The Labute approximate surface area is 118 Å². The molecule has 1 heterocycles. The number of carboxylic acid groups (broad SMARTS) is 1. The van der Waals surface area contributed by atoms with E-state index in [9.17, 15) is 9.59 Å². The van der Waals surface area contributed by atoms with Gasteiger partial charge in [0.2, 0.25) is 5.91 Å². The maximum absolute atomic E-state index is 11.0. The number of carbonyl (C=O) groups is 2. The van der Waals surface area contributed by atoms with Crippen LogP contribution >= 0.6 is 11.8 Å². The van der Waals surface area contributed by atoms with Gasteiger partial charge >= 0.3 is 5.97 Å². The number of ether oxygens (including phenoxy) is 1. The maximum atomic E-state index is 11.0. The van der Waals surface area contributed by atoms with Crippen molar-refractivity contribution in [1.29, 1.82) is 0 Å². The molecule has 1 aliphatic rings. The molecule has 1 aromatic rings. The van der Waals surface area contributed by atoms with Gasteiger partial charge in [0.05, 0.1) is 24.6 Å². The van der Waals surface area contributed by atoms with Gasteiger partial charge in [-0.25, -0.2) is 4.79 Å². The Hall–Kier alpha value is -2.35. The van der Waals surface area contributed by atoms with Crippen LogP contribution in [0.15, 0.2) is 28.4 Å². The predicted octanol–water partition coefficient (Wildman–Crippen LogP) is 0.946. The number of nitrogens with one attached hydrogen (secondary N) is 1. The van der Waals surface area contributed by atoms with Crippen LogP contribution in [0.4, 0.5) is 0 Å². The topological polar surface area (TPSA) is 100 Å². The van der Waals surface area contributed by atoms with Crippen LogP contribution in [0.3, 0.4) is 0 Å². The van der Waals surface area contributed by atoms with Gasteiger partial charge in [-0.2, -0.15) is 5.10 Å². The number of hydrogen-bond acceptors (Lipinski definition) is 6. The van der Waals surface area contributed by atoms with Gasteiger partial charge in [-0.3, -0.25) is 4.79 Å². The summed E-state index contributed by atoms with van der Waals surface area (Å²) < 4.78 is 5.02. The number of nitrogens with zero attached hydrogens (tertiary/aromatic N) is 2. The summed E-state index contributed by atoms with van der Waals surface area (Å²) in [6.07, 6.45) is 1.40. The minimum absolute atomic E-state index is 0.0991. The molecule has 1 amide bonds. The van der Waals surface area contributed by atoms with Crippen molar-refractivity contribution in [2.24, 2.45) is 10.2 Å². The van der Waals surface area contributed by atoms with Crippen molar-refractivity contribution in [3.63, 3.8) is 0 Å². The Kier molecular flexibility index (Phi) is 4.36. The maximum Gasteiger partial charge on any atom is 0.335 e. The second-order valence-corrected chi connectivity index (χ2v) is 4.75. The number of thioether (sulfide) groups is 1. The molecule has 1 aliphatic heterocycles. The average Bonchev–Trinajstić information content (AvgIpc) is 2.84. The molecule has 0 spiro atoms. The summed E-state index contributed by atoms with van der Waals surface area (Å²) in [5.74, 6) is -0.416. The van der Waals surface area contributed by atoms with Crippen molar-refractivity contribution in [2.75, 3.05) is 12.9 Å². The number of carbonyl (C=O) groups excluding carboxylic acids is 1. The van der Waals surface area contributed by atoms with E-state index < -0.39 is 5.97 Å². The lowest BCUT2D eigenvalue weighted by Crippen LogP contribution is -2.19. The third-order valence-corrected chi connectivity index (χ3v) is 3.22. The summed E-state index contributed by atoms with van der Waals surface area (Å²) in [4.78, 5) is 21.9. The summed E-state index contributed by atoms with van der Waals surface area (Å²) in [5, 5.41) is 19.6. The molecule has 2 rings (SSSR count). The first-order valence-corrected chi connectivity index (χ1v) is 6.53. The summed E-state index contributed by atoms with van der Waals surface area (Å²) in [6, 6.07) is 4.50. The number of rotatable bonds is 4. The molecule has 104 valence electrons. The Morgan fingerprint density at radius 3 is 2.90 bits per heavy atom. The Morgan fingerprint density at radius 2 is 2.30 bits per heavy atom. The zero-order valence-electron chi connectivity index (χ0n) is 10.5. The van der Waals surface area contributed by atoms with Crippen LogP contribution < -0.4 is 10.1 Å². The number of amidine groups is 1. The zero-order chi connectivity index (χ0) is 14.5. The van der Waals surface area contributed by atoms with Crippen LogP contribution in [-0.2, 0) is 4.79 Å². The molecule has 8 heteroatoms. The van der Waals surface area contributed by atoms with E-state index in [1.165, 1.54) is 37.2 Å².